The minimum atomic E-state index is -1.13. The van der Waals surface area contributed by atoms with Crippen molar-refractivity contribution in [1.82, 2.24) is 5.32 Å². The fraction of sp³-hybridized carbons (Fsp3) is 0.529. The van der Waals surface area contributed by atoms with Crippen LogP contribution in [0, 0.1) is 5.41 Å². The zero-order valence-corrected chi connectivity index (χ0v) is 15.1. The van der Waals surface area contributed by atoms with Gasteiger partial charge in [0, 0.05) is 34.2 Å². The second-order valence-corrected chi connectivity index (χ2v) is 8.09. The molecule has 1 atom stereocenters. The topological polar surface area (TPSA) is 75.3 Å². The van der Waals surface area contributed by atoms with Crippen LogP contribution in [-0.4, -0.2) is 28.8 Å². The number of rotatable bonds is 6. The highest BCUT2D eigenvalue weighted by Gasteiger charge is 2.14. The molecule has 0 aliphatic heterocycles. The maximum absolute atomic E-state index is 11.8. The van der Waals surface area contributed by atoms with Gasteiger partial charge in [-0.15, -0.1) is 0 Å². The number of hydrogen-bond donors (Lipinski definition) is 2. The summed E-state index contributed by atoms with van der Waals surface area (Å²) in [5, 5.41) is 5.13. The fourth-order valence-electron chi connectivity index (χ4n) is 2.00. The second kappa shape index (κ2) is 8.82. The van der Waals surface area contributed by atoms with Crippen molar-refractivity contribution in [2.45, 2.75) is 44.9 Å². The molecule has 1 aromatic carbocycles. The van der Waals surface area contributed by atoms with Crippen molar-refractivity contribution in [3.63, 3.8) is 0 Å². The van der Waals surface area contributed by atoms with E-state index in [0.29, 0.717) is 17.1 Å². The number of hydrogen-bond acceptors (Lipinski definition) is 3. The predicted molar refractivity (Wildman–Crippen MR) is 93.7 cm³/mol. The Morgan fingerprint density at radius 3 is 2.43 bits per heavy atom. The molecule has 0 heterocycles. The van der Waals surface area contributed by atoms with E-state index in [2.05, 4.69) is 31.4 Å². The molecule has 6 heteroatoms. The predicted octanol–water partition coefficient (Wildman–Crippen LogP) is 2.70. The number of carbonyl (C=O) groups is 2. The van der Waals surface area contributed by atoms with E-state index in [0.717, 1.165) is 19.3 Å². The lowest BCUT2D eigenvalue weighted by Gasteiger charge is -2.17. The molecule has 0 fully saturated rings. The Kier molecular flexibility index (Phi) is 7.42. The van der Waals surface area contributed by atoms with Gasteiger partial charge < -0.3 is 10.6 Å². The van der Waals surface area contributed by atoms with Gasteiger partial charge in [-0.2, -0.15) is 0 Å². The summed E-state index contributed by atoms with van der Waals surface area (Å²) in [6, 6.07) is 6.66. The summed E-state index contributed by atoms with van der Waals surface area (Å²) in [5.41, 5.74) is 0.747. The van der Waals surface area contributed by atoms with Crippen molar-refractivity contribution in [2.75, 3.05) is 18.1 Å². The Morgan fingerprint density at radius 1 is 1.13 bits per heavy atom. The van der Waals surface area contributed by atoms with E-state index in [9.17, 15) is 13.8 Å². The maximum atomic E-state index is 11.8. The zero-order valence-electron chi connectivity index (χ0n) is 14.3. The minimum Gasteiger partial charge on any atom is -0.348 e. The smallest absolute Gasteiger partial charge is 0.313 e. The molecule has 0 saturated heterocycles. The Hall–Kier alpha value is -1.69. The van der Waals surface area contributed by atoms with E-state index in [1.807, 2.05) is 0 Å². The Balaban J connectivity index is 2.38. The van der Waals surface area contributed by atoms with Gasteiger partial charge in [-0.1, -0.05) is 33.3 Å². The number of nitrogens with one attached hydrogen (secondary N) is 2. The summed E-state index contributed by atoms with van der Waals surface area (Å²) in [4.78, 5) is 24.2. The van der Waals surface area contributed by atoms with Crippen LogP contribution in [0.1, 0.15) is 40.0 Å². The van der Waals surface area contributed by atoms with Crippen LogP contribution >= 0.6 is 0 Å². The van der Waals surface area contributed by atoms with Crippen molar-refractivity contribution in [2.24, 2.45) is 5.41 Å². The van der Waals surface area contributed by atoms with Gasteiger partial charge in [0.05, 0.1) is 0 Å². The summed E-state index contributed by atoms with van der Waals surface area (Å²) in [5.74, 6) is -1.36. The van der Waals surface area contributed by atoms with Gasteiger partial charge in [0.2, 0.25) is 0 Å². The van der Waals surface area contributed by atoms with Crippen molar-refractivity contribution in [3.8, 4) is 0 Å². The molecule has 2 amide bonds. The minimum absolute atomic E-state index is 0.283. The summed E-state index contributed by atoms with van der Waals surface area (Å²) in [6.45, 7) is 7.02. The van der Waals surface area contributed by atoms with Gasteiger partial charge in [0.25, 0.3) is 0 Å². The third kappa shape index (κ3) is 7.93. The van der Waals surface area contributed by atoms with Crippen LogP contribution in [0.4, 0.5) is 5.69 Å². The molecule has 2 N–H and O–H groups in total. The van der Waals surface area contributed by atoms with E-state index >= 15 is 0 Å². The van der Waals surface area contributed by atoms with Gasteiger partial charge in [-0.25, -0.2) is 0 Å². The molecule has 1 rings (SSSR count). The monoisotopic (exact) mass is 338 g/mol. The molecule has 0 spiro atoms. The summed E-state index contributed by atoms with van der Waals surface area (Å²) in [6.07, 6.45) is 4.50. The lowest BCUT2D eigenvalue weighted by Crippen LogP contribution is -2.35. The fourth-order valence-corrected chi connectivity index (χ4v) is 2.57. The van der Waals surface area contributed by atoms with Gasteiger partial charge in [-0.05, 0) is 36.5 Å². The van der Waals surface area contributed by atoms with E-state index in [-0.39, 0.29) is 5.41 Å². The van der Waals surface area contributed by atoms with E-state index in [1.165, 1.54) is 0 Å². The number of carbonyl (C=O) groups excluding carboxylic acids is 2. The summed E-state index contributed by atoms with van der Waals surface area (Å²) < 4.78 is 11.4. The molecule has 0 bridgehead atoms. The molecule has 23 heavy (non-hydrogen) atoms. The molecule has 0 aliphatic carbocycles. The highest BCUT2D eigenvalue weighted by molar-refractivity contribution is 7.84. The van der Waals surface area contributed by atoms with Crippen LogP contribution in [0.2, 0.25) is 0 Å². The Bertz CT molecular complexity index is 579. The first-order chi connectivity index (χ1) is 10.7. The third-order valence-electron chi connectivity index (χ3n) is 3.27. The second-order valence-electron chi connectivity index (χ2n) is 6.71. The third-order valence-corrected chi connectivity index (χ3v) is 4.19. The van der Waals surface area contributed by atoms with Crippen LogP contribution < -0.4 is 10.6 Å². The average Bonchev–Trinajstić information content (AvgIpc) is 2.45. The number of unbranched alkanes of at least 4 members (excludes halogenated alkanes) is 1. The largest absolute Gasteiger partial charge is 0.348 e. The molecule has 0 aliphatic rings. The van der Waals surface area contributed by atoms with Crippen LogP contribution in [-0.2, 0) is 20.4 Å². The molecule has 0 unspecified atom stereocenters. The summed E-state index contributed by atoms with van der Waals surface area (Å²) >= 11 is 0. The molecule has 0 saturated carbocycles. The molecule has 128 valence electrons. The molecular weight excluding hydrogens is 312 g/mol. The van der Waals surface area contributed by atoms with Crippen molar-refractivity contribution in [3.05, 3.63) is 24.3 Å². The zero-order chi connectivity index (χ0) is 17.5. The molecule has 1 aromatic rings. The van der Waals surface area contributed by atoms with E-state index in [4.69, 9.17) is 0 Å². The van der Waals surface area contributed by atoms with Crippen molar-refractivity contribution in [1.29, 1.82) is 0 Å². The first-order valence-corrected chi connectivity index (χ1v) is 9.27. The molecule has 0 aromatic heterocycles. The number of anilines is 1. The quantitative estimate of drug-likeness (QED) is 0.618. The maximum Gasteiger partial charge on any atom is 0.313 e. The first kappa shape index (κ1) is 19.4. The van der Waals surface area contributed by atoms with Crippen molar-refractivity contribution < 1.29 is 13.8 Å². The molecule has 5 nitrogen and oxygen atoms in total. The lowest BCUT2D eigenvalue weighted by atomic mass is 9.90. The van der Waals surface area contributed by atoms with Crippen molar-refractivity contribution >= 4 is 28.3 Å². The van der Waals surface area contributed by atoms with E-state index < -0.39 is 22.6 Å². The average molecular weight is 338 g/mol. The van der Waals surface area contributed by atoms with Crippen LogP contribution in [0.3, 0.4) is 0 Å². The Morgan fingerprint density at radius 2 is 1.83 bits per heavy atom. The standard InChI is InChI=1S/C17H26N2O3S/c1-17(2,3)10-5-6-11-18-15(20)16(21)19-13-8-7-9-14(12-13)23(4)22/h7-9,12H,5-6,10-11H2,1-4H3,(H,18,20)(H,19,21)/t23-/m1/s1. The molecular formula is C17H26N2O3S. The SMILES string of the molecule is C[S@@](=O)c1cccc(NC(=O)C(=O)NCCCCC(C)(C)C)c1. The van der Waals surface area contributed by atoms with E-state index in [1.54, 1.807) is 30.5 Å². The molecule has 0 radical (unpaired) electrons. The van der Waals surface area contributed by atoms with Crippen LogP contribution in [0.5, 0.6) is 0 Å². The number of benzene rings is 1. The van der Waals surface area contributed by atoms with Crippen LogP contribution in [0.15, 0.2) is 29.2 Å². The highest BCUT2D eigenvalue weighted by atomic mass is 32.2. The highest BCUT2D eigenvalue weighted by Crippen LogP contribution is 2.21. The van der Waals surface area contributed by atoms with Gasteiger partial charge in [-0.3, -0.25) is 13.8 Å². The van der Waals surface area contributed by atoms with Gasteiger partial charge in [0.1, 0.15) is 0 Å². The number of amides is 2. The Labute approximate surface area is 140 Å². The van der Waals surface area contributed by atoms with Gasteiger partial charge in [0.15, 0.2) is 0 Å². The summed E-state index contributed by atoms with van der Waals surface area (Å²) in [7, 11) is -1.13. The van der Waals surface area contributed by atoms with Crippen LogP contribution in [0.25, 0.3) is 0 Å². The van der Waals surface area contributed by atoms with Gasteiger partial charge >= 0.3 is 11.8 Å². The first-order valence-electron chi connectivity index (χ1n) is 7.72. The lowest BCUT2D eigenvalue weighted by molar-refractivity contribution is -0.136. The normalized spacial score (nSPS) is 12.5.